The van der Waals surface area contributed by atoms with Crippen LogP contribution in [0.2, 0.25) is 0 Å². The summed E-state index contributed by atoms with van der Waals surface area (Å²) in [5.41, 5.74) is 0. The van der Waals surface area contributed by atoms with E-state index in [-0.39, 0.29) is 6.10 Å². The van der Waals surface area contributed by atoms with Crippen molar-refractivity contribution in [1.82, 2.24) is 0 Å². The topological polar surface area (TPSA) is 29.5 Å². The van der Waals surface area contributed by atoms with E-state index in [0.29, 0.717) is 5.92 Å². The van der Waals surface area contributed by atoms with Crippen LogP contribution in [0.15, 0.2) is 12.7 Å². The lowest BCUT2D eigenvalue weighted by Gasteiger charge is -2.19. The second kappa shape index (κ2) is 5.33. The summed E-state index contributed by atoms with van der Waals surface area (Å²) in [6.45, 7) is 7.71. The highest BCUT2D eigenvalue weighted by atomic mass is 16.5. The molecule has 1 N–H and O–H groups in total. The SMILES string of the molecule is C=C[C@@H](OC)[C@H](O)CC(C)C. The van der Waals surface area contributed by atoms with Crippen LogP contribution in [0.3, 0.4) is 0 Å². The highest BCUT2D eigenvalue weighted by molar-refractivity contribution is 4.85. The molecule has 0 rings (SSSR count). The fourth-order valence-electron chi connectivity index (χ4n) is 1.03. The van der Waals surface area contributed by atoms with Gasteiger partial charge in [0.2, 0.25) is 0 Å². The first kappa shape index (κ1) is 10.7. The van der Waals surface area contributed by atoms with Gasteiger partial charge in [-0.1, -0.05) is 19.9 Å². The zero-order valence-electron chi connectivity index (χ0n) is 7.58. The van der Waals surface area contributed by atoms with Crippen LogP contribution in [0.25, 0.3) is 0 Å². The number of ether oxygens (including phenoxy) is 1. The van der Waals surface area contributed by atoms with Crippen LogP contribution in [0.1, 0.15) is 20.3 Å². The highest BCUT2D eigenvalue weighted by Crippen LogP contribution is 2.10. The molecule has 2 nitrogen and oxygen atoms in total. The van der Waals surface area contributed by atoms with Crippen LogP contribution in [0.5, 0.6) is 0 Å². The number of hydrogen-bond acceptors (Lipinski definition) is 2. The van der Waals surface area contributed by atoms with Crippen molar-refractivity contribution in [2.24, 2.45) is 5.92 Å². The summed E-state index contributed by atoms with van der Waals surface area (Å²) in [5, 5.41) is 9.48. The molecule has 0 aliphatic heterocycles. The molecular formula is C9H18O2. The lowest BCUT2D eigenvalue weighted by Crippen LogP contribution is -2.27. The van der Waals surface area contributed by atoms with Crippen molar-refractivity contribution in [2.75, 3.05) is 7.11 Å². The van der Waals surface area contributed by atoms with Gasteiger partial charge in [-0.2, -0.15) is 0 Å². The molecule has 0 saturated carbocycles. The van der Waals surface area contributed by atoms with Gasteiger partial charge in [0.05, 0.1) is 6.10 Å². The maximum atomic E-state index is 9.48. The molecule has 0 spiro atoms. The van der Waals surface area contributed by atoms with Crippen molar-refractivity contribution < 1.29 is 9.84 Å². The normalized spacial score (nSPS) is 16.5. The molecule has 0 radical (unpaired) electrons. The zero-order valence-corrected chi connectivity index (χ0v) is 7.58. The van der Waals surface area contributed by atoms with Crippen molar-refractivity contribution in [2.45, 2.75) is 32.5 Å². The van der Waals surface area contributed by atoms with Crippen LogP contribution < -0.4 is 0 Å². The summed E-state index contributed by atoms with van der Waals surface area (Å²) < 4.78 is 4.99. The molecule has 0 amide bonds. The van der Waals surface area contributed by atoms with Gasteiger partial charge in [0.25, 0.3) is 0 Å². The Bertz CT molecular complexity index is 110. The molecule has 11 heavy (non-hydrogen) atoms. The minimum Gasteiger partial charge on any atom is -0.390 e. The van der Waals surface area contributed by atoms with Gasteiger partial charge in [-0.25, -0.2) is 0 Å². The van der Waals surface area contributed by atoms with Crippen molar-refractivity contribution >= 4 is 0 Å². The van der Waals surface area contributed by atoms with Gasteiger partial charge in [-0.05, 0) is 12.3 Å². The molecule has 0 aliphatic rings. The van der Waals surface area contributed by atoms with Gasteiger partial charge in [-0.3, -0.25) is 0 Å². The Labute approximate surface area is 68.9 Å². The Kier molecular flexibility index (Phi) is 5.16. The van der Waals surface area contributed by atoms with E-state index in [1.807, 2.05) is 0 Å². The van der Waals surface area contributed by atoms with Gasteiger partial charge >= 0.3 is 0 Å². The quantitative estimate of drug-likeness (QED) is 0.616. The Morgan fingerprint density at radius 2 is 2.09 bits per heavy atom. The maximum absolute atomic E-state index is 9.48. The molecule has 2 atom stereocenters. The van der Waals surface area contributed by atoms with Gasteiger partial charge in [-0.15, -0.1) is 6.58 Å². The summed E-state index contributed by atoms with van der Waals surface area (Å²) in [6, 6.07) is 0. The predicted octanol–water partition coefficient (Wildman–Crippen LogP) is 1.59. The van der Waals surface area contributed by atoms with Gasteiger partial charge in [0.1, 0.15) is 6.10 Å². The fraction of sp³-hybridized carbons (Fsp3) is 0.778. The summed E-state index contributed by atoms with van der Waals surface area (Å²) in [4.78, 5) is 0. The number of rotatable bonds is 5. The Morgan fingerprint density at radius 1 is 1.55 bits per heavy atom. The molecule has 0 heterocycles. The standard InChI is InChI=1S/C9H18O2/c1-5-9(11-4)8(10)6-7(2)3/h5,7-10H,1,6H2,2-4H3/t8-,9-/m1/s1. The minimum atomic E-state index is -0.419. The summed E-state index contributed by atoms with van der Waals surface area (Å²) >= 11 is 0. The second-order valence-corrected chi connectivity index (χ2v) is 3.13. The number of methoxy groups -OCH3 is 1. The van der Waals surface area contributed by atoms with E-state index in [9.17, 15) is 5.11 Å². The smallest absolute Gasteiger partial charge is 0.101 e. The average Bonchev–Trinajstić information content (AvgIpc) is 1.88. The molecule has 0 saturated heterocycles. The highest BCUT2D eigenvalue weighted by Gasteiger charge is 2.15. The van der Waals surface area contributed by atoms with E-state index in [0.717, 1.165) is 6.42 Å². The molecule has 0 aromatic heterocycles. The second-order valence-electron chi connectivity index (χ2n) is 3.13. The third kappa shape index (κ3) is 4.17. The van der Waals surface area contributed by atoms with Crippen LogP contribution in [0.4, 0.5) is 0 Å². The average molecular weight is 158 g/mol. The number of aliphatic hydroxyl groups excluding tert-OH is 1. The molecule has 0 unspecified atom stereocenters. The molecule has 2 heteroatoms. The van der Waals surface area contributed by atoms with Crippen LogP contribution in [0, 0.1) is 5.92 Å². The van der Waals surface area contributed by atoms with Gasteiger partial charge < -0.3 is 9.84 Å². The Balaban J connectivity index is 3.78. The lowest BCUT2D eigenvalue weighted by atomic mass is 10.0. The molecular weight excluding hydrogens is 140 g/mol. The first-order valence-corrected chi connectivity index (χ1v) is 3.95. The van der Waals surface area contributed by atoms with E-state index >= 15 is 0 Å². The molecule has 0 bridgehead atoms. The summed E-state index contributed by atoms with van der Waals surface area (Å²) in [7, 11) is 1.58. The van der Waals surface area contributed by atoms with Crippen LogP contribution in [-0.2, 0) is 4.74 Å². The van der Waals surface area contributed by atoms with E-state index in [1.54, 1.807) is 13.2 Å². The van der Waals surface area contributed by atoms with Crippen molar-refractivity contribution in [3.63, 3.8) is 0 Å². The van der Waals surface area contributed by atoms with Crippen molar-refractivity contribution in [3.05, 3.63) is 12.7 Å². The van der Waals surface area contributed by atoms with Crippen molar-refractivity contribution in [1.29, 1.82) is 0 Å². The van der Waals surface area contributed by atoms with E-state index in [2.05, 4.69) is 20.4 Å². The third-order valence-corrected chi connectivity index (χ3v) is 1.60. The first-order valence-electron chi connectivity index (χ1n) is 3.95. The summed E-state index contributed by atoms with van der Waals surface area (Å²) in [6.07, 6.45) is 1.74. The van der Waals surface area contributed by atoms with E-state index in [4.69, 9.17) is 4.74 Å². The summed E-state index contributed by atoms with van der Waals surface area (Å²) in [5.74, 6) is 0.489. The van der Waals surface area contributed by atoms with Gasteiger partial charge in [0, 0.05) is 7.11 Å². The largest absolute Gasteiger partial charge is 0.390 e. The monoisotopic (exact) mass is 158 g/mol. The molecule has 0 aliphatic carbocycles. The third-order valence-electron chi connectivity index (χ3n) is 1.60. The number of aliphatic hydroxyl groups is 1. The first-order chi connectivity index (χ1) is 5.11. The molecule has 66 valence electrons. The zero-order chi connectivity index (χ0) is 8.85. The fourth-order valence-corrected chi connectivity index (χ4v) is 1.03. The van der Waals surface area contributed by atoms with Gasteiger partial charge in [0.15, 0.2) is 0 Å². The predicted molar refractivity (Wildman–Crippen MR) is 46.5 cm³/mol. The minimum absolute atomic E-state index is 0.225. The molecule has 0 aromatic rings. The molecule has 0 aromatic carbocycles. The van der Waals surface area contributed by atoms with Crippen molar-refractivity contribution in [3.8, 4) is 0 Å². The lowest BCUT2D eigenvalue weighted by molar-refractivity contribution is 0.00666. The molecule has 0 fully saturated rings. The van der Waals surface area contributed by atoms with Crippen LogP contribution >= 0.6 is 0 Å². The van der Waals surface area contributed by atoms with E-state index < -0.39 is 6.10 Å². The number of hydrogen-bond donors (Lipinski definition) is 1. The van der Waals surface area contributed by atoms with E-state index in [1.165, 1.54) is 0 Å². The Hall–Kier alpha value is -0.340. The maximum Gasteiger partial charge on any atom is 0.101 e. The van der Waals surface area contributed by atoms with Crippen LogP contribution in [-0.4, -0.2) is 24.4 Å². The Morgan fingerprint density at radius 3 is 2.36 bits per heavy atom.